The summed E-state index contributed by atoms with van der Waals surface area (Å²) in [7, 11) is 0. The Balaban J connectivity index is 1.94. The normalized spacial score (nSPS) is 11.0. The molecule has 0 heterocycles. The summed E-state index contributed by atoms with van der Waals surface area (Å²) in [5.74, 6) is 0. The van der Waals surface area contributed by atoms with Crippen LogP contribution in [0.3, 0.4) is 0 Å². The molecule has 1 aromatic rings. The van der Waals surface area contributed by atoms with E-state index >= 15 is 0 Å². The molecule has 0 amide bonds. The van der Waals surface area contributed by atoms with Gasteiger partial charge in [-0.2, -0.15) is 0 Å². The molecule has 0 nitrogen and oxygen atoms in total. The molecule has 23 heavy (non-hydrogen) atoms. The second kappa shape index (κ2) is 14.8. The van der Waals surface area contributed by atoms with Crippen molar-refractivity contribution in [2.24, 2.45) is 0 Å². The SMILES string of the molecule is CCCCCCCCCCCCCCc1ccccc1CCC. The molecule has 0 N–H and O–H groups in total. The fourth-order valence-electron chi connectivity index (χ4n) is 3.47. The Hall–Kier alpha value is -0.780. The molecule has 0 atom stereocenters. The van der Waals surface area contributed by atoms with E-state index in [-0.39, 0.29) is 0 Å². The van der Waals surface area contributed by atoms with E-state index in [4.69, 9.17) is 0 Å². The van der Waals surface area contributed by atoms with E-state index in [1.54, 1.807) is 11.1 Å². The average Bonchev–Trinajstić information content (AvgIpc) is 2.57. The van der Waals surface area contributed by atoms with E-state index in [9.17, 15) is 0 Å². The maximum atomic E-state index is 2.34. The van der Waals surface area contributed by atoms with Crippen molar-refractivity contribution in [2.45, 2.75) is 110 Å². The standard InChI is InChI=1S/C23H40/c1-3-5-6-7-8-9-10-11-12-13-14-15-19-23-21-17-16-20-22(23)18-4-2/h16-17,20-21H,3-15,18-19H2,1-2H3. The van der Waals surface area contributed by atoms with Crippen molar-refractivity contribution in [1.29, 1.82) is 0 Å². The summed E-state index contributed by atoms with van der Waals surface area (Å²) in [6.07, 6.45) is 21.0. The zero-order chi connectivity index (χ0) is 16.6. The van der Waals surface area contributed by atoms with Gasteiger partial charge < -0.3 is 0 Å². The highest BCUT2D eigenvalue weighted by molar-refractivity contribution is 5.27. The Morgan fingerprint density at radius 1 is 0.478 bits per heavy atom. The number of rotatable bonds is 15. The van der Waals surface area contributed by atoms with Gasteiger partial charge in [-0.1, -0.05) is 115 Å². The molecule has 0 spiro atoms. The van der Waals surface area contributed by atoms with Gasteiger partial charge in [0, 0.05) is 0 Å². The first-order valence-electron chi connectivity index (χ1n) is 10.4. The van der Waals surface area contributed by atoms with Gasteiger partial charge in [-0.25, -0.2) is 0 Å². The molecule has 0 bridgehead atoms. The third-order valence-corrected chi connectivity index (χ3v) is 4.94. The number of aryl methyl sites for hydroxylation is 2. The van der Waals surface area contributed by atoms with Crippen LogP contribution in [0.2, 0.25) is 0 Å². The minimum absolute atomic E-state index is 1.24. The Bertz CT molecular complexity index is 366. The zero-order valence-corrected chi connectivity index (χ0v) is 15.9. The van der Waals surface area contributed by atoms with E-state index in [1.807, 2.05) is 0 Å². The predicted octanol–water partition coefficient (Wildman–Crippen LogP) is 7.88. The molecule has 0 fully saturated rings. The van der Waals surface area contributed by atoms with Gasteiger partial charge in [0.1, 0.15) is 0 Å². The lowest BCUT2D eigenvalue weighted by Gasteiger charge is -2.08. The second-order valence-electron chi connectivity index (χ2n) is 7.16. The molecule has 0 radical (unpaired) electrons. The maximum Gasteiger partial charge on any atom is -0.0276 e. The first-order valence-corrected chi connectivity index (χ1v) is 10.4. The molecule has 0 aliphatic carbocycles. The van der Waals surface area contributed by atoms with Gasteiger partial charge in [0.2, 0.25) is 0 Å². The number of hydrogen-bond acceptors (Lipinski definition) is 0. The van der Waals surface area contributed by atoms with Crippen LogP contribution in [0.15, 0.2) is 24.3 Å². The number of unbranched alkanes of at least 4 members (excludes halogenated alkanes) is 11. The molecular formula is C23H40. The molecular weight excluding hydrogens is 276 g/mol. The van der Waals surface area contributed by atoms with Crippen LogP contribution in [0.4, 0.5) is 0 Å². The highest BCUT2D eigenvalue weighted by Crippen LogP contribution is 2.16. The zero-order valence-electron chi connectivity index (χ0n) is 15.9. The smallest absolute Gasteiger partial charge is 0.0276 e. The second-order valence-corrected chi connectivity index (χ2v) is 7.16. The maximum absolute atomic E-state index is 2.34. The molecule has 0 aliphatic heterocycles. The Kier molecular flexibility index (Phi) is 13.0. The minimum Gasteiger partial charge on any atom is -0.0654 e. The average molecular weight is 317 g/mol. The van der Waals surface area contributed by atoms with Gasteiger partial charge in [-0.3, -0.25) is 0 Å². The van der Waals surface area contributed by atoms with Crippen molar-refractivity contribution in [1.82, 2.24) is 0 Å². The van der Waals surface area contributed by atoms with E-state index in [1.165, 1.54) is 96.3 Å². The quantitative estimate of drug-likeness (QED) is 0.289. The van der Waals surface area contributed by atoms with Crippen LogP contribution in [-0.2, 0) is 12.8 Å². The lowest BCUT2D eigenvalue weighted by atomic mass is 9.98. The van der Waals surface area contributed by atoms with Gasteiger partial charge in [0.05, 0.1) is 0 Å². The topological polar surface area (TPSA) is 0 Å². The van der Waals surface area contributed by atoms with Gasteiger partial charge in [-0.05, 0) is 30.4 Å². The summed E-state index contributed by atoms with van der Waals surface area (Å²) >= 11 is 0. The molecule has 0 aliphatic rings. The molecule has 132 valence electrons. The highest BCUT2D eigenvalue weighted by atomic mass is 14.1. The van der Waals surface area contributed by atoms with Gasteiger partial charge >= 0.3 is 0 Å². The molecule has 1 rings (SSSR count). The molecule has 0 saturated heterocycles. The highest BCUT2D eigenvalue weighted by Gasteiger charge is 2.00. The fraction of sp³-hybridized carbons (Fsp3) is 0.739. The van der Waals surface area contributed by atoms with Crippen molar-refractivity contribution >= 4 is 0 Å². The first-order chi connectivity index (χ1) is 11.4. The summed E-state index contributed by atoms with van der Waals surface area (Å²) in [5, 5.41) is 0. The summed E-state index contributed by atoms with van der Waals surface area (Å²) in [5.41, 5.74) is 3.18. The van der Waals surface area contributed by atoms with Crippen molar-refractivity contribution in [3.8, 4) is 0 Å². The van der Waals surface area contributed by atoms with Crippen LogP contribution in [0.25, 0.3) is 0 Å². The van der Waals surface area contributed by atoms with Crippen LogP contribution in [0, 0.1) is 0 Å². The summed E-state index contributed by atoms with van der Waals surface area (Å²) in [6.45, 7) is 4.57. The van der Waals surface area contributed by atoms with Crippen LogP contribution in [0.5, 0.6) is 0 Å². The fourth-order valence-corrected chi connectivity index (χ4v) is 3.47. The Morgan fingerprint density at radius 2 is 0.913 bits per heavy atom. The Labute approximate surface area is 146 Å². The van der Waals surface area contributed by atoms with Crippen LogP contribution in [-0.4, -0.2) is 0 Å². The van der Waals surface area contributed by atoms with Crippen LogP contribution >= 0.6 is 0 Å². The number of benzene rings is 1. The molecule has 1 aromatic carbocycles. The molecule has 0 aromatic heterocycles. The van der Waals surface area contributed by atoms with Crippen molar-refractivity contribution < 1.29 is 0 Å². The largest absolute Gasteiger partial charge is 0.0654 e. The third-order valence-electron chi connectivity index (χ3n) is 4.94. The van der Waals surface area contributed by atoms with E-state index in [0.29, 0.717) is 0 Å². The summed E-state index contributed by atoms with van der Waals surface area (Å²) < 4.78 is 0. The first kappa shape index (κ1) is 20.3. The van der Waals surface area contributed by atoms with E-state index in [0.717, 1.165) is 0 Å². The molecule has 0 saturated carbocycles. The van der Waals surface area contributed by atoms with Crippen molar-refractivity contribution in [2.75, 3.05) is 0 Å². The lowest BCUT2D eigenvalue weighted by Crippen LogP contribution is -1.94. The van der Waals surface area contributed by atoms with E-state index < -0.39 is 0 Å². The van der Waals surface area contributed by atoms with Gasteiger partial charge in [0.15, 0.2) is 0 Å². The minimum atomic E-state index is 1.24. The predicted molar refractivity (Wildman–Crippen MR) is 105 cm³/mol. The van der Waals surface area contributed by atoms with Gasteiger partial charge in [-0.15, -0.1) is 0 Å². The molecule has 0 heteroatoms. The summed E-state index contributed by atoms with van der Waals surface area (Å²) in [6, 6.07) is 9.05. The van der Waals surface area contributed by atoms with Crippen molar-refractivity contribution in [3.63, 3.8) is 0 Å². The summed E-state index contributed by atoms with van der Waals surface area (Å²) in [4.78, 5) is 0. The van der Waals surface area contributed by atoms with E-state index in [2.05, 4.69) is 38.1 Å². The molecule has 0 unspecified atom stereocenters. The monoisotopic (exact) mass is 316 g/mol. The lowest BCUT2D eigenvalue weighted by molar-refractivity contribution is 0.544. The van der Waals surface area contributed by atoms with Gasteiger partial charge in [0.25, 0.3) is 0 Å². The third kappa shape index (κ3) is 10.6. The van der Waals surface area contributed by atoms with Crippen molar-refractivity contribution in [3.05, 3.63) is 35.4 Å². The number of hydrogen-bond donors (Lipinski definition) is 0. The van der Waals surface area contributed by atoms with Crippen LogP contribution in [0.1, 0.15) is 108 Å². The van der Waals surface area contributed by atoms with Crippen LogP contribution < -0.4 is 0 Å². The Morgan fingerprint density at radius 3 is 1.39 bits per heavy atom.